The molecule has 3 nitrogen and oxygen atoms in total. The van der Waals surface area contributed by atoms with E-state index in [2.05, 4.69) is 85.9 Å². The van der Waals surface area contributed by atoms with Crippen LogP contribution in [0.4, 0.5) is 0 Å². The first kappa shape index (κ1) is 22.4. The third-order valence-electron chi connectivity index (χ3n) is 7.41. The quantitative estimate of drug-likeness (QED) is 0.337. The van der Waals surface area contributed by atoms with Crippen molar-refractivity contribution in [2.24, 2.45) is 5.92 Å². The Kier molecular flexibility index (Phi) is 6.21. The van der Waals surface area contributed by atoms with Gasteiger partial charge in [-0.15, -0.1) is 0 Å². The Morgan fingerprint density at radius 2 is 1.74 bits per heavy atom. The van der Waals surface area contributed by atoms with E-state index in [1.54, 1.807) is 6.07 Å². The van der Waals surface area contributed by atoms with E-state index < -0.39 is 5.97 Å². The summed E-state index contributed by atoms with van der Waals surface area (Å²) < 4.78 is 0. The van der Waals surface area contributed by atoms with Crippen LogP contribution in [-0.2, 0) is 6.42 Å². The van der Waals surface area contributed by atoms with Crippen molar-refractivity contribution in [2.45, 2.75) is 38.6 Å². The Morgan fingerprint density at radius 1 is 0.971 bits per heavy atom. The van der Waals surface area contributed by atoms with E-state index in [0.717, 1.165) is 30.5 Å². The lowest BCUT2D eigenvalue weighted by Gasteiger charge is -2.34. The zero-order valence-electron chi connectivity index (χ0n) is 19.8. The molecule has 3 heteroatoms. The molecule has 1 unspecified atom stereocenters. The van der Waals surface area contributed by atoms with Gasteiger partial charge in [-0.1, -0.05) is 72.8 Å². The van der Waals surface area contributed by atoms with Crippen LogP contribution in [-0.4, -0.2) is 17.6 Å². The Balaban J connectivity index is 1.40. The van der Waals surface area contributed by atoms with Crippen molar-refractivity contribution in [2.75, 3.05) is 6.54 Å². The summed E-state index contributed by atoms with van der Waals surface area (Å²) in [5.74, 6) is -0.179. The van der Waals surface area contributed by atoms with Crippen molar-refractivity contribution in [3.63, 3.8) is 0 Å². The van der Waals surface area contributed by atoms with Crippen LogP contribution < -0.4 is 5.32 Å². The van der Waals surface area contributed by atoms with Crippen molar-refractivity contribution < 1.29 is 9.90 Å². The van der Waals surface area contributed by atoms with Crippen LogP contribution in [0.25, 0.3) is 10.8 Å². The van der Waals surface area contributed by atoms with Crippen molar-refractivity contribution in [3.8, 4) is 0 Å². The fourth-order valence-corrected chi connectivity index (χ4v) is 5.60. The van der Waals surface area contributed by atoms with Gasteiger partial charge < -0.3 is 10.4 Å². The second kappa shape index (κ2) is 9.44. The number of carboxylic acids is 1. The van der Waals surface area contributed by atoms with Crippen molar-refractivity contribution >= 4 is 16.7 Å². The topological polar surface area (TPSA) is 49.3 Å². The van der Waals surface area contributed by atoms with Crippen molar-refractivity contribution in [3.05, 3.63) is 118 Å². The maximum absolute atomic E-state index is 11.7. The number of aryl methyl sites for hydroxylation is 1. The van der Waals surface area contributed by atoms with Crippen LogP contribution in [0, 0.1) is 12.8 Å². The first-order valence-corrected chi connectivity index (χ1v) is 12.1. The average Bonchev–Trinajstić information content (AvgIpc) is 2.86. The number of nitrogens with one attached hydrogen (secondary N) is 1. The highest BCUT2D eigenvalue weighted by Crippen LogP contribution is 2.40. The summed E-state index contributed by atoms with van der Waals surface area (Å²) in [6.45, 7) is 5.26. The van der Waals surface area contributed by atoms with E-state index in [9.17, 15) is 9.90 Å². The van der Waals surface area contributed by atoms with Crippen molar-refractivity contribution in [1.29, 1.82) is 0 Å². The molecule has 0 aromatic heterocycles. The minimum Gasteiger partial charge on any atom is -0.478 e. The molecular formula is C31H31NO2. The fourth-order valence-electron chi connectivity index (χ4n) is 5.60. The first-order chi connectivity index (χ1) is 16.5. The maximum atomic E-state index is 11.7. The predicted octanol–water partition coefficient (Wildman–Crippen LogP) is 6.89. The maximum Gasteiger partial charge on any atom is 0.335 e. The molecule has 0 saturated heterocycles. The Morgan fingerprint density at radius 3 is 2.59 bits per heavy atom. The molecule has 4 aromatic rings. The van der Waals surface area contributed by atoms with Crippen LogP contribution in [0.5, 0.6) is 0 Å². The zero-order valence-corrected chi connectivity index (χ0v) is 19.8. The van der Waals surface area contributed by atoms with E-state index in [-0.39, 0.29) is 12.0 Å². The van der Waals surface area contributed by atoms with Gasteiger partial charge in [-0.3, -0.25) is 0 Å². The summed E-state index contributed by atoms with van der Waals surface area (Å²) in [4.78, 5) is 11.7. The number of hydrogen-bond acceptors (Lipinski definition) is 2. The predicted molar refractivity (Wildman–Crippen MR) is 139 cm³/mol. The molecule has 172 valence electrons. The molecular weight excluding hydrogens is 418 g/mol. The lowest BCUT2D eigenvalue weighted by molar-refractivity contribution is 0.0696. The monoisotopic (exact) mass is 449 g/mol. The average molecular weight is 450 g/mol. The number of fused-ring (bicyclic) bond motifs is 2. The molecule has 0 fully saturated rings. The van der Waals surface area contributed by atoms with E-state index in [4.69, 9.17) is 0 Å². The van der Waals surface area contributed by atoms with Gasteiger partial charge >= 0.3 is 5.97 Å². The summed E-state index contributed by atoms with van der Waals surface area (Å²) in [6.07, 6.45) is 2.05. The normalized spacial score (nSPS) is 18.4. The van der Waals surface area contributed by atoms with Crippen LogP contribution in [0.1, 0.15) is 63.5 Å². The molecule has 0 aliphatic heterocycles. The van der Waals surface area contributed by atoms with Gasteiger partial charge in [0.1, 0.15) is 0 Å². The van der Waals surface area contributed by atoms with Gasteiger partial charge in [0, 0.05) is 12.0 Å². The lowest BCUT2D eigenvalue weighted by Crippen LogP contribution is -2.31. The highest BCUT2D eigenvalue weighted by Gasteiger charge is 2.29. The van der Waals surface area contributed by atoms with Gasteiger partial charge in [-0.25, -0.2) is 4.79 Å². The summed E-state index contributed by atoms with van der Waals surface area (Å²) in [5.41, 5.74) is 6.70. The summed E-state index contributed by atoms with van der Waals surface area (Å²) >= 11 is 0. The van der Waals surface area contributed by atoms with Gasteiger partial charge in [0.2, 0.25) is 0 Å². The van der Waals surface area contributed by atoms with Gasteiger partial charge in [0.15, 0.2) is 0 Å². The molecule has 2 N–H and O–H groups in total. The number of carbonyl (C=O) groups is 1. The molecule has 34 heavy (non-hydrogen) atoms. The molecule has 0 heterocycles. The number of benzene rings is 4. The second-order valence-electron chi connectivity index (χ2n) is 9.63. The largest absolute Gasteiger partial charge is 0.478 e. The van der Waals surface area contributed by atoms with Gasteiger partial charge in [-0.2, -0.15) is 0 Å². The van der Waals surface area contributed by atoms with E-state index in [1.807, 2.05) is 12.1 Å². The number of carboxylic acid groups (broad SMARTS) is 1. The van der Waals surface area contributed by atoms with Gasteiger partial charge in [-0.05, 0) is 89.9 Å². The third kappa shape index (κ3) is 4.36. The van der Waals surface area contributed by atoms with Crippen LogP contribution in [0.15, 0.2) is 84.9 Å². The number of rotatable bonds is 6. The highest BCUT2D eigenvalue weighted by molar-refractivity contribution is 5.88. The van der Waals surface area contributed by atoms with E-state index in [1.165, 1.54) is 27.5 Å². The Bertz CT molecular complexity index is 1340. The fraction of sp³-hybridized carbons (Fsp3) is 0.258. The standard InChI is InChI=1S/C31H31NO2/c1-20-14-15-25(31(33)34)18-29(20)30-17-22(16-24-9-4-6-12-28(24)30)19-32-21(2)26-13-7-10-23-8-3-5-11-27(23)26/h3-15,18,21-22,30,32H,16-17,19H2,1-2H3,(H,33,34)/t21-,22-,30?/m1/s1. The minimum absolute atomic E-state index is 0.212. The molecule has 0 spiro atoms. The number of aromatic carboxylic acids is 1. The molecule has 0 radical (unpaired) electrons. The molecule has 1 aliphatic rings. The SMILES string of the molecule is Cc1ccc(C(=O)O)cc1C1C[C@H](CN[C@H](C)c2cccc3ccccc23)Cc2ccccc21. The summed E-state index contributed by atoms with van der Waals surface area (Å²) in [6, 6.07) is 29.6. The molecule has 0 bridgehead atoms. The van der Waals surface area contributed by atoms with Crippen LogP contribution in [0.3, 0.4) is 0 Å². The lowest BCUT2D eigenvalue weighted by atomic mass is 9.72. The van der Waals surface area contributed by atoms with E-state index in [0.29, 0.717) is 11.5 Å². The second-order valence-corrected chi connectivity index (χ2v) is 9.63. The zero-order chi connectivity index (χ0) is 23.7. The van der Waals surface area contributed by atoms with Crippen molar-refractivity contribution in [1.82, 2.24) is 5.32 Å². The van der Waals surface area contributed by atoms with Gasteiger partial charge in [0.25, 0.3) is 0 Å². The third-order valence-corrected chi connectivity index (χ3v) is 7.41. The molecule has 0 saturated carbocycles. The summed E-state index contributed by atoms with van der Waals surface area (Å²) in [7, 11) is 0. The minimum atomic E-state index is -0.868. The highest BCUT2D eigenvalue weighted by atomic mass is 16.4. The van der Waals surface area contributed by atoms with Gasteiger partial charge in [0.05, 0.1) is 5.56 Å². The molecule has 4 aromatic carbocycles. The van der Waals surface area contributed by atoms with Crippen LogP contribution >= 0.6 is 0 Å². The molecule has 1 aliphatic carbocycles. The molecule has 3 atom stereocenters. The first-order valence-electron chi connectivity index (χ1n) is 12.1. The summed E-state index contributed by atoms with van der Waals surface area (Å²) in [5, 5.41) is 16.0. The Labute approximate surface area is 201 Å². The van der Waals surface area contributed by atoms with Crippen LogP contribution in [0.2, 0.25) is 0 Å². The van der Waals surface area contributed by atoms with E-state index >= 15 is 0 Å². The smallest absolute Gasteiger partial charge is 0.335 e. The number of hydrogen-bond donors (Lipinski definition) is 2. The Hall–Kier alpha value is -3.43. The molecule has 0 amide bonds. The molecule has 5 rings (SSSR count).